The summed E-state index contributed by atoms with van der Waals surface area (Å²) in [5.74, 6) is 0. The van der Waals surface area contributed by atoms with Crippen LogP contribution in [0.2, 0.25) is 0 Å². The van der Waals surface area contributed by atoms with Crippen LogP contribution in [0.5, 0.6) is 0 Å². The van der Waals surface area contributed by atoms with Crippen molar-refractivity contribution < 1.29 is 4.79 Å². The number of hydrogen-bond acceptors (Lipinski definition) is 3. The van der Waals surface area contributed by atoms with Crippen LogP contribution in [0.15, 0.2) is 30.3 Å². The second kappa shape index (κ2) is 6.29. The Hall–Kier alpha value is -1.19. The predicted octanol–water partition coefficient (Wildman–Crippen LogP) is 2.31. The van der Waals surface area contributed by atoms with Crippen LogP contribution >= 0.6 is 0 Å². The van der Waals surface area contributed by atoms with Crippen molar-refractivity contribution in [3.05, 3.63) is 35.9 Å². The van der Waals surface area contributed by atoms with E-state index in [4.69, 9.17) is 0 Å². The van der Waals surface area contributed by atoms with Gasteiger partial charge in [0.2, 0.25) is 0 Å². The standard InChI is InChI=1S/C18H26N2O/c1-18(15-21,16-7-3-2-4-8-16)14-19-10-6-12-20-11-5-9-17(20)13-19/h2-4,7-8,15,17H,5-6,9-14H2,1H3. The van der Waals surface area contributed by atoms with E-state index in [9.17, 15) is 4.79 Å². The van der Waals surface area contributed by atoms with Crippen LogP contribution in [0.4, 0.5) is 0 Å². The molecule has 0 saturated carbocycles. The lowest BCUT2D eigenvalue weighted by Gasteiger charge is -2.33. The lowest BCUT2D eigenvalue weighted by atomic mass is 9.83. The molecule has 1 aromatic carbocycles. The topological polar surface area (TPSA) is 23.6 Å². The van der Waals surface area contributed by atoms with Gasteiger partial charge < -0.3 is 9.69 Å². The molecule has 2 heterocycles. The normalized spacial score (nSPS) is 26.8. The Kier molecular flexibility index (Phi) is 4.41. The van der Waals surface area contributed by atoms with E-state index in [-0.39, 0.29) is 0 Å². The van der Waals surface area contributed by atoms with Crippen LogP contribution in [0, 0.1) is 0 Å². The molecule has 3 rings (SSSR count). The van der Waals surface area contributed by atoms with E-state index >= 15 is 0 Å². The minimum atomic E-state index is -0.394. The highest BCUT2D eigenvalue weighted by molar-refractivity contribution is 5.68. The van der Waals surface area contributed by atoms with Crippen LogP contribution in [0.3, 0.4) is 0 Å². The van der Waals surface area contributed by atoms with Crippen molar-refractivity contribution in [3.63, 3.8) is 0 Å². The average Bonchev–Trinajstić information content (AvgIpc) is 2.87. The van der Waals surface area contributed by atoms with Crippen molar-refractivity contribution in [2.75, 3.05) is 32.7 Å². The van der Waals surface area contributed by atoms with Gasteiger partial charge in [-0.1, -0.05) is 30.3 Å². The summed E-state index contributed by atoms with van der Waals surface area (Å²) in [5, 5.41) is 0. The number of carbonyl (C=O) groups is 1. The zero-order valence-corrected chi connectivity index (χ0v) is 13.0. The number of carbonyl (C=O) groups excluding carboxylic acids is 1. The van der Waals surface area contributed by atoms with E-state index < -0.39 is 5.41 Å². The second-order valence-electron chi connectivity index (χ2n) is 6.82. The predicted molar refractivity (Wildman–Crippen MR) is 85.5 cm³/mol. The molecule has 2 unspecified atom stereocenters. The fourth-order valence-corrected chi connectivity index (χ4v) is 3.91. The molecule has 2 atom stereocenters. The van der Waals surface area contributed by atoms with Gasteiger partial charge in [0.25, 0.3) is 0 Å². The Morgan fingerprint density at radius 2 is 1.95 bits per heavy atom. The van der Waals surface area contributed by atoms with Crippen LogP contribution in [0.25, 0.3) is 0 Å². The average molecular weight is 286 g/mol. The zero-order chi connectivity index (χ0) is 14.7. The van der Waals surface area contributed by atoms with Gasteiger partial charge >= 0.3 is 0 Å². The molecule has 2 saturated heterocycles. The number of aldehydes is 1. The molecule has 0 spiro atoms. The zero-order valence-electron chi connectivity index (χ0n) is 13.0. The van der Waals surface area contributed by atoms with Crippen LogP contribution in [-0.2, 0) is 10.2 Å². The molecule has 0 aliphatic carbocycles. The molecule has 2 aliphatic heterocycles. The number of nitrogens with zero attached hydrogens (tertiary/aromatic N) is 2. The quantitative estimate of drug-likeness (QED) is 0.794. The summed E-state index contributed by atoms with van der Waals surface area (Å²) in [6.07, 6.45) is 5.02. The first kappa shape index (κ1) is 14.7. The van der Waals surface area contributed by atoms with Gasteiger partial charge in [-0.15, -0.1) is 0 Å². The Balaban J connectivity index is 1.72. The summed E-state index contributed by atoms with van der Waals surface area (Å²) < 4.78 is 0. The maximum Gasteiger partial charge on any atom is 0.131 e. The van der Waals surface area contributed by atoms with Gasteiger partial charge in [0.1, 0.15) is 6.29 Å². The molecule has 0 bridgehead atoms. The highest BCUT2D eigenvalue weighted by Gasteiger charge is 2.33. The molecule has 21 heavy (non-hydrogen) atoms. The third-order valence-corrected chi connectivity index (χ3v) is 5.13. The molecular weight excluding hydrogens is 260 g/mol. The molecule has 3 heteroatoms. The van der Waals surface area contributed by atoms with Crippen LogP contribution in [0.1, 0.15) is 31.7 Å². The third kappa shape index (κ3) is 3.19. The SMILES string of the molecule is CC(C=O)(CN1CCCN2CCCC2C1)c1ccccc1. The lowest BCUT2D eigenvalue weighted by Crippen LogP contribution is -2.44. The van der Waals surface area contributed by atoms with Gasteiger partial charge in [-0.05, 0) is 51.4 Å². The first-order valence-electron chi connectivity index (χ1n) is 8.19. The number of fused-ring (bicyclic) bond motifs is 1. The Morgan fingerprint density at radius 1 is 1.19 bits per heavy atom. The first-order valence-corrected chi connectivity index (χ1v) is 8.19. The molecule has 2 aliphatic rings. The largest absolute Gasteiger partial charge is 0.302 e. The van der Waals surface area contributed by atoms with Crippen molar-refractivity contribution in [2.24, 2.45) is 0 Å². The summed E-state index contributed by atoms with van der Waals surface area (Å²) >= 11 is 0. The van der Waals surface area contributed by atoms with E-state index in [0.717, 1.165) is 31.5 Å². The summed E-state index contributed by atoms with van der Waals surface area (Å²) in [7, 11) is 0. The molecular formula is C18H26N2O. The fourth-order valence-electron chi connectivity index (χ4n) is 3.91. The fraction of sp³-hybridized carbons (Fsp3) is 0.611. The van der Waals surface area contributed by atoms with Crippen molar-refractivity contribution in [2.45, 2.75) is 37.6 Å². The maximum absolute atomic E-state index is 11.8. The molecule has 1 aromatic rings. The summed E-state index contributed by atoms with van der Waals surface area (Å²) in [5.41, 5.74) is 0.738. The van der Waals surface area contributed by atoms with E-state index in [0.29, 0.717) is 6.04 Å². The van der Waals surface area contributed by atoms with Gasteiger partial charge in [-0.2, -0.15) is 0 Å². The van der Waals surface area contributed by atoms with Gasteiger partial charge in [0.15, 0.2) is 0 Å². The number of hydrogen-bond donors (Lipinski definition) is 0. The summed E-state index contributed by atoms with van der Waals surface area (Å²) in [6.45, 7) is 7.64. The highest BCUT2D eigenvalue weighted by Crippen LogP contribution is 2.26. The molecule has 0 amide bonds. The van der Waals surface area contributed by atoms with Gasteiger partial charge in [0.05, 0.1) is 5.41 Å². The van der Waals surface area contributed by atoms with Crippen molar-refractivity contribution in [3.8, 4) is 0 Å². The number of benzene rings is 1. The number of rotatable bonds is 4. The molecule has 0 radical (unpaired) electrons. The van der Waals surface area contributed by atoms with Crippen molar-refractivity contribution >= 4 is 6.29 Å². The first-order chi connectivity index (χ1) is 10.2. The maximum atomic E-state index is 11.8. The summed E-state index contributed by atoms with van der Waals surface area (Å²) in [4.78, 5) is 16.9. The Bertz CT molecular complexity index is 475. The Morgan fingerprint density at radius 3 is 2.71 bits per heavy atom. The van der Waals surface area contributed by atoms with E-state index in [1.807, 2.05) is 18.2 Å². The highest BCUT2D eigenvalue weighted by atomic mass is 16.1. The minimum Gasteiger partial charge on any atom is -0.302 e. The van der Waals surface area contributed by atoms with Gasteiger partial charge in [-0.3, -0.25) is 4.90 Å². The van der Waals surface area contributed by atoms with Crippen LogP contribution in [-0.4, -0.2) is 54.9 Å². The second-order valence-corrected chi connectivity index (χ2v) is 6.82. The van der Waals surface area contributed by atoms with E-state index in [1.165, 1.54) is 32.4 Å². The Labute approximate surface area is 127 Å². The molecule has 3 nitrogen and oxygen atoms in total. The molecule has 114 valence electrons. The lowest BCUT2D eigenvalue weighted by molar-refractivity contribution is -0.112. The third-order valence-electron chi connectivity index (χ3n) is 5.13. The van der Waals surface area contributed by atoms with Crippen molar-refractivity contribution in [1.82, 2.24) is 9.80 Å². The molecule has 2 fully saturated rings. The van der Waals surface area contributed by atoms with Gasteiger partial charge in [0, 0.05) is 19.1 Å². The van der Waals surface area contributed by atoms with E-state index in [1.54, 1.807) is 0 Å². The minimum absolute atomic E-state index is 0.394. The smallest absolute Gasteiger partial charge is 0.131 e. The van der Waals surface area contributed by atoms with Crippen molar-refractivity contribution in [1.29, 1.82) is 0 Å². The monoisotopic (exact) mass is 286 g/mol. The van der Waals surface area contributed by atoms with E-state index in [2.05, 4.69) is 28.9 Å². The van der Waals surface area contributed by atoms with Crippen LogP contribution < -0.4 is 0 Å². The van der Waals surface area contributed by atoms with Gasteiger partial charge in [-0.25, -0.2) is 0 Å². The molecule has 0 aromatic heterocycles. The molecule has 0 N–H and O–H groups in total. The summed E-state index contributed by atoms with van der Waals surface area (Å²) in [6, 6.07) is 10.9.